The molecule has 1 aliphatic heterocycles. The highest BCUT2D eigenvalue weighted by Gasteiger charge is 2.30. The Kier molecular flexibility index (Phi) is 4.11. The Morgan fingerprint density at radius 3 is 2.80 bits per heavy atom. The zero-order valence-corrected chi connectivity index (χ0v) is 11.2. The number of nitrogens with one attached hydrogen (secondary N) is 1. The summed E-state index contributed by atoms with van der Waals surface area (Å²) < 4.78 is 0. The van der Waals surface area contributed by atoms with Crippen LogP contribution in [-0.2, 0) is 4.79 Å². The van der Waals surface area contributed by atoms with E-state index in [0.717, 1.165) is 0 Å². The van der Waals surface area contributed by atoms with Crippen molar-refractivity contribution < 1.29 is 14.7 Å². The third-order valence-electron chi connectivity index (χ3n) is 3.16. The summed E-state index contributed by atoms with van der Waals surface area (Å²) in [5.74, 6) is -1.41. The van der Waals surface area contributed by atoms with E-state index in [0.29, 0.717) is 24.2 Å². The maximum absolute atomic E-state index is 12.0. The molecule has 104 valence electrons. The first kappa shape index (κ1) is 14.2. The Morgan fingerprint density at radius 2 is 2.25 bits per heavy atom. The van der Waals surface area contributed by atoms with Crippen molar-refractivity contribution in [2.45, 2.75) is 6.42 Å². The van der Waals surface area contributed by atoms with Crippen molar-refractivity contribution in [1.82, 2.24) is 4.90 Å². The lowest BCUT2D eigenvalue weighted by molar-refractivity contribution is -0.141. The molecule has 0 spiro atoms. The van der Waals surface area contributed by atoms with Gasteiger partial charge in [-0.15, -0.1) is 0 Å². The molecule has 1 atom stereocenters. The van der Waals surface area contributed by atoms with Crippen LogP contribution < -0.4 is 5.32 Å². The number of likely N-dealkylation sites (tertiary alicyclic amines) is 1. The minimum atomic E-state index is -0.892. The molecule has 0 aromatic heterocycles. The van der Waals surface area contributed by atoms with Gasteiger partial charge in [0.25, 0.3) is 0 Å². The Hall–Kier alpha value is -2.26. The number of nitrogens with zero attached hydrogens (tertiary/aromatic N) is 2. The number of benzene rings is 1. The fourth-order valence-corrected chi connectivity index (χ4v) is 2.25. The van der Waals surface area contributed by atoms with Crippen LogP contribution in [-0.4, -0.2) is 35.1 Å². The van der Waals surface area contributed by atoms with Gasteiger partial charge >= 0.3 is 12.0 Å². The number of carboxylic acid groups (broad SMARTS) is 1. The minimum Gasteiger partial charge on any atom is -0.481 e. The Balaban J connectivity index is 2.02. The highest BCUT2D eigenvalue weighted by Crippen LogP contribution is 2.24. The molecule has 0 bridgehead atoms. The number of nitriles is 1. The predicted octanol–water partition coefficient (Wildman–Crippen LogP) is 2.15. The molecule has 1 unspecified atom stereocenters. The van der Waals surface area contributed by atoms with Crippen LogP contribution in [0.5, 0.6) is 0 Å². The topological polar surface area (TPSA) is 93.4 Å². The van der Waals surface area contributed by atoms with Gasteiger partial charge in [-0.2, -0.15) is 5.26 Å². The van der Waals surface area contributed by atoms with E-state index in [2.05, 4.69) is 5.32 Å². The number of carboxylic acids is 1. The molecule has 1 saturated heterocycles. The molecule has 2 rings (SSSR count). The predicted molar refractivity (Wildman–Crippen MR) is 72.5 cm³/mol. The zero-order valence-electron chi connectivity index (χ0n) is 10.5. The second-order valence-corrected chi connectivity index (χ2v) is 4.91. The van der Waals surface area contributed by atoms with E-state index in [1.54, 1.807) is 12.1 Å². The molecule has 7 heteroatoms. The van der Waals surface area contributed by atoms with Gasteiger partial charge in [0, 0.05) is 13.1 Å². The van der Waals surface area contributed by atoms with E-state index in [1.165, 1.54) is 11.0 Å². The standard InChI is InChI=1S/C13H12ClN3O3/c14-10-5-8(6-15)1-2-11(10)16-13(20)17-4-3-9(7-17)12(18)19/h1-2,5,9H,3-4,7H2,(H,16,20)(H,18,19). The number of carbonyl (C=O) groups is 2. The zero-order chi connectivity index (χ0) is 14.7. The van der Waals surface area contributed by atoms with Gasteiger partial charge < -0.3 is 15.3 Å². The van der Waals surface area contributed by atoms with Crippen LogP contribution in [0.2, 0.25) is 5.02 Å². The highest BCUT2D eigenvalue weighted by molar-refractivity contribution is 6.33. The van der Waals surface area contributed by atoms with Crippen molar-refractivity contribution in [2.24, 2.45) is 5.92 Å². The molecule has 20 heavy (non-hydrogen) atoms. The van der Waals surface area contributed by atoms with Gasteiger partial charge in [-0.25, -0.2) is 4.79 Å². The Morgan fingerprint density at radius 1 is 1.50 bits per heavy atom. The molecule has 6 nitrogen and oxygen atoms in total. The maximum Gasteiger partial charge on any atom is 0.321 e. The number of aliphatic carboxylic acids is 1. The molecule has 1 aliphatic rings. The number of halogens is 1. The van der Waals surface area contributed by atoms with Crippen LogP contribution in [0.4, 0.5) is 10.5 Å². The second kappa shape index (κ2) is 5.80. The van der Waals surface area contributed by atoms with Crippen molar-refractivity contribution >= 4 is 29.3 Å². The lowest BCUT2D eigenvalue weighted by atomic mass is 10.1. The lowest BCUT2D eigenvalue weighted by Gasteiger charge is -2.17. The van der Waals surface area contributed by atoms with Crippen molar-refractivity contribution in [3.8, 4) is 6.07 Å². The lowest BCUT2D eigenvalue weighted by Crippen LogP contribution is -2.33. The smallest absolute Gasteiger partial charge is 0.321 e. The van der Waals surface area contributed by atoms with Crippen LogP contribution in [0, 0.1) is 17.2 Å². The Bertz CT molecular complexity index is 597. The average molecular weight is 294 g/mol. The molecule has 2 N–H and O–H groups in total. The van der Waals surface area contributed by atoms with E-state index in [9.17, 15) is 9.59 Å². The SMILES string of the molecule is N#Cc1ccc(NC(=O)N2CCC(C(=O)O)C2)c(Cl)c1. The first-order valence-electron chi connectivity index (χ1n) is 5.99. The first-order valence-corrected chi connectivity index (χ1v) is 6.37. The van der Waals surface area contributed by atoms with E-state index in [-0.39, 0.29) is 17.6 Å². The van der Waals surface area contributed by atoms with Crippen LogP contribution in [0.15, 0.2) is 18.2 Å². The highest BCUT2D eigenvalue weighted by atomic mass is 35.5. The van der Waals surface area contributed by atoms with Crippen molar-refractivity contribution in [1.29, 1.82) is 5.26 Å². The van der Waals surface area contributed by atoms with E-state index in [4.69, 9.17) is 22.0 Å². The normalized spacial score (nSPS) is 17.6. The molecule has 0 saturated carbocycles. The van der Waals surface area contributed by atoms with Crippen LogP contribution in [0.25, 0.3) is 0 Å². The van der Waals surface area contributed by atoms with Gasteiger partial charge in [0.05, 0.1) is 28.3 Å². The maximum atomic E-state index is 12.0. The van der Waals surface area contributed by atoms with Gasteiger partial charge in [-0.05, 0) is 24.6 Å². The molecule has 1 aromatic rings. The third-order valence-corrected chi connectivity index (χ3v) is 3.48. The van der Waals surface area contributed by atoms with Gasteiger partial charge in [0.2, 0.25) is 0 Å². The number of hydrogen-bond acceptors (Lipinski definition) is 3. The molecule has 1 fully saturated rings. The fourth-order valence-electron chi connectivity index (χ4n) is 2.03. The van der Waals surface area contributed by atoms with Crippen molar-refractivity contribution in [3.05, 3.63) is 28.8 Å². The first-order chi connectivity index (χ1) is 9.51. The summed E-state index contributed by atoms with van der Waals surface area (Å²) >= 11 is 5.96. The van der Waals surface area contributed by atoms with Crippen LogP contribution in [0.1, 0.15) is 12.0 Å². The summed E-state index contributed by atoms with van der Waals surface area (Å²) in [6.07, 6.45) is 0.448. The largest absolute Gasteiger partial charge is 0.481 e. The quantitative estimate of drug-likeness (QED) is 0.873. The number of carbonyl (C=O) groups excluding carboxylic acids is 1. The molecule has 1 heterocycles. The van der Waals surface area contributed by atoms with Gasteiger partial charge in [-0.1, -0.05) is 11.6 Å². The Labute approximate surface area is 120 Å². The molecular weight excluding hydrogens is 282 g/mol. The molecule has 0 aliphatic carbocycles. The summed E-state index contributed by atoms with van der Waals surface area (Å²) in [6.45, 7) is 0.589. The van der Waals surface area contributed by atoms with Gasteiger partial charge in [-0.3, -0.25) is 4.79 Å². The van der Waals surface area contributed by atoms with Gasteiger partial charge in [0.15, 0.2) is 0 Å². The monoisotopic (exact) mass is 293 g/mol. The summed E-state index contributed by atoms with van der Waals surface area (Å²) in [4.78, 5) is 24.3. The van der Waals surface area contributed by atoms with Crippen LogP contribution in [0.3, 0.4) is 0 Å². The fraction of sp³-hybridized carbons (Fsp3) is 0.308. The summed E-state index contributed by atoms with van der Waals surface area (Å²) in [6, 6.07) is 6.11. The van der Waals surface area contributed by atoms with Crippen LogP contribution >= 0.6 is 11.6 Å². The number of urea groups is 1. The number of rotatable bonds is 2. The second-order valence-electron chi connectivity index (χ2n) is 4.51. The minimum absolute atomic E-state index is 0.190. The molecular formula is C13H12ClN3O3. The molecule has 0 radical (unpaired) electrons. The van der Waals surface area contributed by atoms with Gasteiger partial charge in [0.1, 0.15) is 0 Å². The van der Waals surface area contributed by atoms with Crippen molar-refractivity contribution in [3.63, 3.8) is 0 Å². The summed E-state index contributed by atoms with van der Waals surface area (Å²) in [5, 5.41) is 20.5. The number of anilines is 1. The molecule has 2 amide bonds. The third kappa shape index (κ3) is 3.00. The van der Waals surface area contributed by atoms with E-state index in [1.807, 2.05) is 6.07 Å². The van der Waals surface area contributed by atoms with E-state index >= 15 is 0 Å². The van der Waals surface area contributed by atoms with Crippen molar-refractivity contribution in [2.75, 3.05) is 18.4 Å². The summed E-state index contributed by atoms with van der Waals surface area (Å²) in [7, 11) is 0. The summed E-state index contributed by atoms with van der Waals surface area (Å²) in [5.41, 5.74) is 0.801. The number of hydrogen-bond donors (Lipinski definition) is 2. The average Bonchev–Trinajstić information content (AvgIpc) is 2.91. The number of amides is 2. The van der Waals surface area contributed by atoms with E-state index < -0.39 is 11.9 Å². The molecule has 1 aromatic carbocycles.